The van der Waals surface area contributed by atoms with Gasteiger partial charge >= 0.3 is 0 Å². The Morgan fingerprint density at radius 3 is 2.94 bits per heavy atom. The topological polar surface area (TPSA) is 28.2 Å². The van der Waals surface area contributed by atoms with E-state index in [1.165, 1.54) is 24.1 Å². The molecule has 3 nitrogen and oxygen atoms in total. The van der Waals surface area contributed by atoms with Gasteiger partial charge in [0.2, 0.25) is 0 Å². The van der Waals surface area contributed by atoms with Crippen LogP contribution in [0.5, 0.6) is 0 Å². The molecule has 0 amide bonds. The van der Waals surface area contributed by atoms with Crippen molar-refractivity contribution in [3.8, 4) is 0 Å². The number of hydrogen-bond donors (Lipinski definition) is 1. The summed E-state index contributed by atoms with van der Waals surface area (Å²) >= 11 is 0. The van der Waals surface area contributed by atoms with Crippen LogP contribution < -0.4 is 10.2 Å². The van der Waals surface area contributed by atoms with Gasteiger partial charge in [0.15, 0.2) is 0 Å². The molecular weight excluding hydrogens is 210 g/mol. The molecule has 0 atom stereocenters. The van der Waals surface area contributed by atoms with Crippen molar-refractivity contribution in [2.45, 2.75) is 45.7 Å². The van der Waals surface area contributed by atoms with Crippen LogP contribution in [0.15, 0.2) is 18.5 Å². The first-order chi connectivity index (χ1) is 8.15. The molecule has 1 fully saturated rings. The number of hydrogen-bond acceptors (Lipinski definition) is 3. The van der Waals surface area contributed by atoms with Crippen molar-refractivity contribution in [1.82, 2.24) is 10.3 Å². The number of rotatable bonds is 4. The summed E-state index contributed by atoms with van der Waals surface area (Å²) < 4.78 is 0. The SMILES string of the molecule is CCNCc1cnccc1N1CCCC1(C)C. The molecule has 0 aliphatic carbocycles. The Morgan fingerprint density at radius 1 is 1.47 bits per heavy atom. The number of anilines is 1. The normalized spacial score (nSPS) is 18.6. The summed E-state index contributed by atoms with van der Waals surface area (Å²) in [5, 5.41) is 3.39. The molecule has 1 aliphatic heterocycles. The summed E-state index contributed by atoms with van der Waals surface area (Å²) in [6.45, 7) is 9.87. The molecule has 3 heteroatoms. The summed E-state index contributed by atoms with van der Waals surface area (Å²) in [6, 6.07) is 2.15. The van der Waals surface area contributed by atoms with Gasteiger partial charge in [0.05, 0.1) is 0 Å². The van der Waals surface area contributed by atoms with Crippen LogP contribution in [0, 0.1) is 0 Å². The van der Waals surface area contributed by atoms with Crippen LogP contribution in [0.3, 0.4) is 0 Å². The van der Waals surface area contributed by atoms with E-state index in [0.717, 1.165) is 19.6 Å². The maximum Gasteiger partial charge on any atom is 0.0447 e. The molecule has 1 saturated heterocycles. The van der Waals surface area contributed by atoms with E-state index in [-0.39, 0.29) is 5.54 Å². The number of nitrogens with zero attached hydrogens (tertiary/aromatic N) is 2. The van der Waals surface area contributed by atoms with Gasteiger partial charge in [0.1, 0.15) is 0 Å². The zero-order valence-electron chi connectivity index (χ0n) is 11.2. The van der Waals surface area contributed by atoms with Gasteiger partial charge in [-0.1, -0.05) is 6.92 Å². The van der Waals surface area contributed by atoms with E-state index in [4.69, 9.17) is 0 Å². The second-order valence-electron chi connectivity index (χ2n) is 5.35. The minimum absolute atomic E-state index is 0.280. The minimum Gasteiger partial charge on any atom is -0.366 e. The quantitative estimate of drug-likeness (QED) is 0.866. The standard InChI is InChI=1S/C14H23N3/c1-4-15-10-12-11-16-8-6-13(12)17-9-5-7-14(17,2)3/h6,8,11,15H,4-5,7,9-10H2,1-3H3. The second kappa shape index (κ2) is 5.05. The van der Waals surface area contributed by atoms with Gasteiger partial charge < -0.3 is 10.2 Å². The van der Waals surface area contributed by atoms with Crippen molar-refractivity contribution in [2.24, 2.45) is 0 Å². The Labute approximate surface area is 104 Å². The first kappa shape index (κ1) is 12.4. The Bertz CT molecular complexity index is 373. The highest BCUT2D eigenvalue weighted by atomic mass is 15.2. The van der Waals surface area contributed by atoms with Crippen LogP contribution in [0.25, 0.3) is 0 Å². The molecule has 1 N–H and O–H groups in total. The summed E-state index contributed by atoms with van der Waals surface area (Å²) in [5.41, 5.74) is 2.94. The zero-order valence-corrected chi connectivity index (χ0v) is 11.2. The molecule has 1 aromatic heterocycles. The molecule has 0 unspecified atom stereocenters. The largest absolute Gasteiger partial charge is 0.366 e. The molecule has 0 saturated carbocycles. The Morgan fingerprint density at radius 2 is 2.29 bits per heavy atom. The van der Waals surface area contributed by atoms with E-state index < -0.39 is 0 Å². The molecular formula is C14H23N3. The average Bonchev–Trinajstić information content (AvgIpc) is 2.66. The van der Waals surface area contributed by atoms with Gasteiger partial charge in [-0.25, -0.2) is 0 Å². The van der Waals surface area contributed by atoms with Crippen molar-refractivity contribution in [3.63, 3.8) is 0 Å². The van der Waals surface area contributed by atoms with E-state index in [9.17, 15) is 0 Å². The maximum atomic E-state index is 4.25. The lowest BCUT2D eigenvalue weighted by molar-refractivity contribution is 0.516. The molecule has 1 aliphatic rings. The summed E-state index contributed by atoms with van der Waals surface area (Å²) in [5.74, 6) is 0. The van der Waals surface area contributed by atoms with Crippen LogP contribution in [0.1, 0.15) is 39.2 Å². The summed E-state index contributed by atoms with van der Waals surface area (Å²) in [7, 11) is 0. The van der Waals surface area contributed by atoms with E-state index in [1.54, 1.807) is 0 Å². The first-order valence-corrected chi connectivity index (χ1v) is 6.56. The summed E-state index contributed by atoms with van der Waals surface area (Å²) in [6.07, 6.45) is 6.46. The number of pyridine rings is 1. The summed E-state index contributed by atoms with van der Waals surface area (Å²) in [4.78, 5) is 6.78. The monoisotopic (exact) mass is 233 g/mol. The predicted molar refractivity (Wildman–Crippen MR) is 72.3 cm³/mol. The minimum atomic E-state index is 0.280. The van der Waals surface area contributed by atoms with E-state index in [1.807, 2.05) is 12.4 Å². The Balaban J connectivity index is 2.25. The first-order valence-electron chi connectivity index (χ1n) is 6.56. The van der Waals surface area contributed by atoms with Crippen molar-refractivity contribution < 1.29 is 0 Å². The third-order valence-electron chi connectivity index (χ3n) is 3.64. The predicted octanol–water partition coefficient (Wildman–Crippen LogP) is 2.57. The third kappa shape index (κ3) is 2.60. The fourth-order valence-corrected chi connectivity index (χ4v) is 2.63. The smallest absolute Gasteiger partial charge is 0.0447 e. The second-order valence-corrected chi connectivity index (χ2v) is 5.35. The highest BCUT2D eigenvalue weighted by Crippen LogP contribution is 2.34. The molecule has 0 bridgehead atoms. The van der Waals surface area contributed by atoms with Crippen molar-refractivity contribution in [2.75, 3.05) is 18.0 Å². The van der Waals surface area contributed by atoms with Crippen molar-refractivity contribution >= 4 is 5.69 Å². The highest BCUT2D eigenvalue weighted by molar-refractivity contribution is 5.55. The molecule has 17 heavy (non-hydrogen) atoms. The average molecular weight is 233 g/mol. The van der Waals surface area contributed by atoms with Crippen LogP contribution in [0.2, 0.25) is 0 Å². The van der Waals surface area contributed by atoms with E-state index in [2.05, 4.69) is 42.0 Å². The van der Waals surface area contributed by atoms with Crippen LogP contribution in [-0.2, 0) is 6.54 Å². The highest BCUT2D eigenvalue weighted by Gasteiger charge is 2.32. The molecule has 0 spiro atoms. The molecule has 94 valence electrons. The van der Waals surface area contributed by atoms with Crippen LogP contribution in [0.4, 0.5) is 5.69 Å². The Hall–Kier alpha value is -1.09. The lowest BCUT2D eigenvalue weighted by atomic mass is 10.0. The fourth-order valence-electron chi connectivity index (χ4n) is 2.63. The van der Waals surface area contributed by atoms with Gasteiger partial charge in [-0.2, -0.15) is 0 Å². The van der Waals surface area contributed by atoms with E-state index in [0.29, 0.717) is 0 Å². The van der Waals surface area contributed by atoms with E-state index >= 15 is 0 Å². The molecule has 0 aromatic carbocycles. The molecule has 1 aromatic rings. The lowest BCUT2D eigenvalue weighted by Crippen LogP contribution is -2.39. The van der Waals surface area contributed by atoms with Gasteiger partial charge in [0.25, 0.3) is 0 Å². The fraction of sp³-hybridized carbons (Fsp3) is 0.643. The van der Waals surface area contributed by atoms with Gasteiger partial charge in [-0.3, -0.25) is 4.98 Å². The molecule has 0 radical (unpaired) electrons. The third-order valence-corrected chi connectivity index (χ3v) is 3.64. The van der Waals surface area contributed by atoms with Gasteiger partial charge in [-0.05, 0) is 39.3 Å². The van der Waals surface area contributed by atoms with Gasteiger partial charge in [-0.15, -0.1) is 0 Å². The van der Waals surface area contributed by atoms with Crippen LogP contribution in [-0.4, -0.2) is 23.6 Å². The maximum absolute atomic E-state index is 4.25. The number of aromatic nitrogens is 1. The van der Waals surface area contributed by atoms with Crippen LogP contribution >= 0.6 is 0 Å². The van der Waals surface area contributed by atoms with Crippen molar-refractivity contribution in [1.29, 1.82) is 0 Å². The molecule has 2 rings (SSSR count). The molecule has 2 heterocycles. The number of nitrogens with one attached hydrogen (secondary N) is 1. The van der Waals surface area contributed by atoms with Gasteiger partial charge in [0, 0.05) is 42.3 Å². The Kier molecular flexibility index (Phi) is 3.67. The van der Waals surface area contributed by atoms with Crippen molar-refractivity contribution in [3.05, 3.63) is 24.0 Å². The zero-order chi connectivity index (χ0) is 12.3. The lowest BCUT2D eigenvalue weighted by Gasteiger charge is -2.35.